The van der Waals surface area contributed by atoms with E-state index in [1.807, 2.05) is 0 Å². The van der Waals surface area contributed by atoms with Crippen LogP contribution in [0.5, 0.6) is 5.75 Å². The van der Waals surface area contributed by atoms with E-state index in [1.54, 1.807) is 25.1 Å². The highest BCUT2D eigenvalue weighted by Gasteiger charge is 2.35. The number of alkyl halides is 3. The Morgan fingerprint density at radius 2 is 1.90 bits per heavy atom. The molecule has 0 saturated heterocycles. The van der Waals surface area contributed by atoms with Crippen molar-refractivity contribution in [3.05, 3.63) is 71.4 Å². The van der Waals surface area contributed by atoms with Gasteiger partial charge in [-0.25, -0.2) is 4.79 Å². The number of rotatable bonds is 5. The number of aryl methyl sites for hydroxylation is 1. The van der Waals surface area contributed by atoms with E-state index >= 15 is 0 Å². The Morgan fingerprint density at radius 1 is 1.14 bits per heavy atom. The molecule has 0 fully saturated rings. The fourth-order valence-electron chi connectivity index (χ4n) is 2.85. The standard InChI is InChI=1S/C21H17F3N2O3/c1-12-6-7-18(16(8-12)20(27)28)26-14-10-17(21(22,23)24)19(25-11-14)13-4-3-5-15(9-13)29-2/h3-11,26H,1-2H3,(H,27,28). The molecule has 2 aromatic carbocycles. The summed E-state index contributed by atoms with van der Waals surface area (Å²) in [5, 5.41) is 12.1. The Labute approximate surface area is 164 Å². The molecule has 0 bridgehead atoms. The summed E-state index contributed by atoms with van der Waals surface area (Å²) in [4.78, 5) is 15.4. The van der Waals surface area contributed by atoms with Crippen LogP contribution < -0.4 is 10.1 Å². The van der Waals surface area contributed by atoms with Crippen molar-refractivity contribution in [3.63, 3.8) is 0 Å². The zero-order valence-electron chi connectivity index (χ0n) is 15.5. The van der Waals surface area contributed by atoms with Crippen LogP contribution in [0.1, 0.15) is 21.5 Å². The molecule has 5 nitrogen and oxygen atoms in total. The molecule has 0 atom stereocenters. The van der Waals surface area contributed by atoms with Crippen LogP contribution >= 0.6 is 0 Å². The van der Waals surface area contributed by atoms with Crippen molar-refractivity contribution in [2.75, 3.05) is 12.4 Å². The second-order valence-corrected chi connectivity index (χ2v) is 6.33. The number of carboxylic acids is 1. The summed E-state index contributed by atoms with van der Waals surface area (Å²) in [6, 6.07) is 11.7. The van der Waals surface area contributed by atoms with E-state index in [0.29, 0.717) is 5.75 Å². The van der Waals surface area contributed by atoms with Gasteiger partial charge in [-0.3, -0.25) is 4.98 Å². The summed E-state index contributed by atoms with van der Waals surface area (Å²) in [6.07, 6.45) is -3.43. The van der Waals surface area contributed by atoms with Gasteiger partial charge in [-0.05, 0) is 37.3 Å². The zero-order valence-corrected chi connectivity index (χ0v) is 15.5. The SMILES string of the molecule is COc1cccc(-c2ncc(Nc3ccc(C)cc3C(=O)O)cc2C(F)(F)F)c1. The lowest BCUT2D eigenvalue weighted by Crippen LogP contribution is -2.10. The average molecular weight is 402 g/mol. The van der Waals surface area contributed by atoms with E-state index in [4.69, 9.17) is 4.74 Å². The van der Waals surface area contributed by atoms with Gasteiger partial charge in [0.1, 0.15) is 5.75 Å². The van der Waals surface area contributed by atoms with Gasteiger partial charge in [0, 0.05) is 5.56 Å². The molecule has 0 aliphatic rings. The number of aromatic nitrogens is 1. The van der Waals surface area contributed by atoms with Crippen LogP contribution in [0.25, 0.3) is 11.3 Å². The lowest BCUT2D eigenvalue weighted by molar-refractivity contribution is -0.137. The first-order chi connectivity index (χ1) is 13.7. The second-order valence-electron chi connectivity index (χ2n) is 6.33. The summed E-state index contributed by atoms with van der Waals surface area (Å²) in [5.41, 5.74) is -0.0674. The minimum absolute atomic E-state index is 0.0234. The first-order valence-corrected chi connectivity index (χ1v) is 8.51. The minimum Gasteiger partial charge on any atom is -0.497 e. The maximum absolute atomic E-state index is 13.7. The number of hydrogen-bond donors (Lipinski definition) is 2. The number of carboxylic acid groups (broad SMARTS) is 1. The Bertz CT molecular complexity index is 1070. The number of nitrogens with zero attached hydrogens (tertiary/aromatic N) is 1. The summed E-state index contributed by atoms with van der Waals surface area (Å²) in [5.74, 6) is -0.779. The van der Waals surface area contributed by atoms with E-state index in [0.717, 1.165) is 11.6 Å². The molecule has 2 N–H and O–H groups in total. The molecule has 0 aliphatic carbocycles. The van der Waals surface area contributed by atoms with Gasteiger partial charge in [0.2, 0.25) is 0 Å². The molecule has 1 heterocycles. The minimum atomic E-state index is -4.66. The lowest BCUT2D eigenvalue weighted by Gasteiger charge is -2.16. The molecule has 1 aromatic heterocycles. The second kappa shape index (κ2) is 7.83. The van der Waals surface area contributed by atoms with Crippen LogP contribution in [-0.2, 0) is 6.18 Å². The molecule has 0 aliphatic heterocycles. The molecule has 0 radical (unpaired) electrons. The van der Waals surface area contributed by atoms with Crippen LogP contribution in [0.3, 0.4) is 0 Å². The van der Waals surface area contributed by atoms with Crippen molar-refractivity contribution in [1.82, 2.24) is 4.98 Å². The van der Waals surface area contributed by atoms with Gasteiger partial charge in [0.15, 0.2) is 0 Å². The monoisotopic (exact) mass is 402 g/mol. The number of pyridine rings is 1. The molecule has 0 amide bonds. The highest BCUT2D eigenvalue weighted by molar-refractivity contribution is 5.95. The van der Waals surface area contributed by atoms with Gasteiger partial charge < -0.3 is 15.2 Å². The Kier molecular flexibility index (Phi) is 5.45. The number of nitrogens with one attached hydrogen (secondary N) is 1. The van der Waals surface area contributed by atoms with Crippen molar-refractivity contribution in [2.45, 2.75) is 13.1 Å². The number of hydrogen-bond acceptors (Lipinski definition) is 4. The van der Waals surface area contributed by atoms with Crippen molar-refractivity contribution in [2.24, 2.45) is 0 Å². The fraction of sp³-hybridized carbons (Fsp3) is 0.143. The average Bonchev–Trinajstić information content (AvgIpc) is 2.68. The van der Waals surface area contributed by atoms with Crippen molar-refractivity contribution in [3.8, 4) is 17.0 Å². The van der Waals surface area contributed by atoms with E-state index in [-0.39, 0.29) is 28.2 Å². The predicted molar refractivity (Wildman–Crippen MR) is 103 cm³/mol. The Morgan fingerprint density at radius 3 is 2.55 bits per heavy atom. The summed E-state index contributed by atoms with van der Waals surface area (Å²) in [7, 11) is 1.42. The van der Waals surface area contributed by atoms with Gasteiger partial charge in [-0.15, -0.1) is 0 Å². The van der Waals surface area contributed by atoms with Crippen LogP contribution in [0, 0.1) is 6.92 Å². The van der Waals surface area contributed by atoms with E-state index < -0.39 is 17.7 Å². The van der Waals surface area contributed by atoms with Gasteiger partial charge >= 0.3 is 12.1 Å². The van der Waals surface area contributed by atoms with Crippen molar-refractivity contribution < 1.29 is 27.8 Å². The number of halogens is 3. The third-order valence-corrected chi connectivity index (χ3v) is 4.22. The summed E-state index contributed by atoms with van der Waals surface area (Å²) in [6.45, 7) is 1.72. The fourth-order valence-corrected chi connectivity index (χ4v) is 2.85. The van der Waals surface area contributed by atoms with E-state index in [1.165, 1.54) is 37.6 Å². The maximum Gasteiger partial charge on any atom is 0.418 e. The smallest absolute Gasteiger partial charge is 0.418 e. The molecule has 3 rings (SSSR count). The molecule has 0 spiro atoms. The molecule has 3 aromatic rings. The third-order valence-electron chi connectivity index (χ3n) is 4.22. The summed E-state index contributed by atoms with van der Waals surface area (Å²) < 4.78 is 46.2. The molecule has 0 saturated carbocycles. The summed E-state index contributed by atoms with van der Waals surface area (Å²) >= 11 is 0. The number of anilines is 2. The number of methoxy groups -OCH3 is 1. The van der Waals surface area contributed by atoms with Crippen LogP contribution in [0.15, 0.2) is 54.7 Å². The van der Waals surface area contributed by atoms with Gasteiger partial charge in [-0.1, -0.05) is 23.8 Å². The largest absolute Gasteiger partial charge is 0.497 e. The predicted octanol–water partition coefficient (Wildman–Crippen LogP) is 5.53. The third kappa shape index (κ3) is 4.48. The van der Waals surface area contributed by atoms with Crippen LogP contribution in [0.2, 0.25) is 0 Å². The maximum atomic E-state index is 13.7. The highest BCUT2D eigenvalue weighted by Crippen LogP contribution is 2.38. The van der Waals surface area contributed by atoms with Gasteiger partial charge in [-0.2, -0.15) is 13.2 Å². The van der Waals surface area contributed by atoms with Crippen molar-refractivity contribution in [1.29, 1.82) is 0 Å². The Balaban J connectivity index is 2.06. The van der Waals surface area contributed by atoms with Gasteiger partial charge in [0.05, 0.1) is 41.5 Å². The molecule has 150 valence electrons. The topological polar surface area (TPSA) is 71.5 Å². The first kappa shape index (κ1) is 20.2. The van der Waals surface area contributed by atoms with Gasteiger partial charge in [0.25, 0.3) is 0 Å². The quantitative estimate of drug-likeness (QED) is 0.587. The Hall–Kier alpha value is -3.55. The van der Waals surface area contributed by atoms with Crippen LogP contribution in [0.4, 0.5) is 24.5 Å². The van der Waals surface area contributed by atoms with Crippen LogP contribution in [-0.4, -0.2) is 23.2 Å². The first-order valence-electron chi connectivity index (χ1n) is 8.51. The molecular formula is C21H17F3N2O3. The molecule has 29 heavy (non-hydrogen) atoms. The van der Waals surface area contributed by atoms with E-state index in [9.17, 15) is 23.1 Å². The molecular weight excluding hydrogens is 385 g/mol. The molecule has 0 unspecified atom stereocenters. The number of aromatic carboxylic acids is 1. The number of ether oxygens (including phenoxy) is 1. The number of carbonyl (C=O) groups is 1. The normalized spacial score (nSPS) is 11.2. The molecule has 8 heteroatoms. The van der Waals surface area contributed by atoms with Crippen molar-refractivity contribution >= 4 is 17.3 Å². The lowest BCUT2D eigenvalue weighted by atomic mass is 10.0. The highest BCUT2D eigenvalue weighted by atomic mass is 19.4. The number of benzene rings is 2. The zero-order chi connectivity index (χ0) is 21.2. The van der Waals surface area contributed by atoms with E-state index in [2.05, 4.69) is 10.3 Å².